The number of rotatable bonds is 5. The second-order valence-electron chi connectivity index (χ2n) is 1.68. The van der Waals surface area contributed by atoms with Crippen molar-refractivity contribution in [2.75, 3.05) is 13.2 Å². The number of hydrogen-bond acceptors (Lipinski definition) is 1. The molecule has 0 saturated carbocycles. The van der Waals surface area contributed by atoms with E-state index in [9.17, 15) is 0 Å². The molecule has 0 aromatic rings. The topological polar surface area (TPSA) is 9.23 Å². The molecule has 0 aliphatic carbocycles. The maximum atomic E-state index is 5.10. The Morgan fingerprint density at radius 3 is 2.62 bits per heavy atom. The quantitative estimate of drug-likeness (QED) is 0.498. The van der Waals surface area contributed by atoms with Gasteiger partial charge in [0.25, 0.3) is 0 Å². The maximum absolute atomic E-state index is 5.10. The Balaban J connectivity index is 2.53. The van der Waals surface area contributed by atoms with Gasteiger partial charge in [0.05, 0.1) is 0 Å². The van der Waals surface area contributed by atoms with Crippen molar-refractivity contribution in [3.05, 3.63) is 6.42 Å². The highest BCUT2D eigenvalue weighted by molar-refractivity contribution is 4.59. The molecule has 0 aromatic carbocycles. The van der Waals surface area contributed by atoms with Gasteiger partial charge in [0.1, 0.15) is 0 Å². The summed E-state index contributed by atoms with van der Waals surface area (Å²) in [5.41, 5.74) is 0. The van der Waals surface area contributed by atoms with Crippen LogP contribution in [0.5, 0.6) is 0 Å². The molecule has 0 N–H and O–H groups in total. The van der Waals surface area contributed by atoms with Crippen LogP contribution < -0.4 is 0 Å². The summed E-state index contributed by atoms with van der Waals surface area (Å²) in [5, 5.41) is 0. The van der Waals surface area contributed by atoms with Crippen molar-refractivity contribution in [1.82, 2.24) is 0 Å². The van der Waals surface area contributed by atoms with Crippen LogP contribution in [0.25, 0.3) is 0 Å². The highest BCUT2D eigenvalue weighted by Gasteiger charge is 1.82. The van der Waals surface area contributed by atoms with Crippen LogP contribution in [-0.2, 0) is 4.74 Å². The summed E-state index contributed by atoms with van der Waals surface area (Å²) in [5.74, 6) is 0. The molecule has 0 aromatic heterocycles. The number of unbranched alkanes of at least 4 members (excludes halogenated alkanes) is 2. The van der Waals surface area contributed by atoms with Gasteiger partial charge in [0.15, 0.2) is 0 Å². The van der Waals surface area contributed by atoms with Gasteiger partial charge in [0, 0.05) is 13.2 Å². The number of ether oxygens (including phenoxy) is 1. The Kier molecular flexibility index (Phi) is 6.93. The molecule has 0 rings (SSSR count). The van der Waals surface area contributed by atoms with Crippen molar-refractivity contribution in [1.29, 1.82) is 0 Å². The fraction of sp³-hybridized carbons (Fsp3) is 0.857. The van der Waals surface area contributed by atoms with Crippen LogP contribution in [0, 0.1) is 6.42 Å². The Morgan fingerprint density at radius 2 is 2.12 bits per heavy atom. The largest absolute Gasteiger partial charge is 0.382 e. The molecule has 0 atom stereocenters. The molecule has 0 aliphatic rings. The van der Waals surface area contributed by atoms with Crippen LogP contribution >= 0.6 is 0 Å². The van der Waals surface area contributed by atoms with Gasteiger partial charge in [-0.2, -0.15) is 0 Å². The first-order valence-corrected chi connectivity index (χ1v) is 3.31. The van der Waals surface area contributed by atoms with Gasteiger partial charge in [0.2, 0.25) is 0 Å². The lowest BCUT2D eigenvalue weighted by Crippen LogP contribution is -1.92. The molecule has 49 valence electrons. The van der Waals surface area contributed by atoms with Crippen molar-refractivity contribution < 1.29 is 4.74 Å². The van der Waals surface area contributed by atoms with E-state index in [0.29, 0.717) is 0 Å². The monoisotopic (exact) mass is 115 g/mol. The summed E-state index contributed by atoms with van der Waals surface area (Å²) in [6.45, 7) is 5.90. The number of hydrogen-bond donors (Lipinski definition) is 0. The Hall–Kier alpha value is -0.0400. The van der Waals surface area contributed by atoms with Gasteiger partial charge in [-0.25, -0.2) is 0 Å². The second kappa shape index (κ2) is 6.96. The molecule has 0 aliphatic heterocycles. The molecular weight excluding hydrogens is 100 g/mol. The SMILES string of the molecule is CC[CH]CCOCC. The van der Waals surface area contributed by atoms with Gasteiger partial charge in [-0.3, -0.25) is 0 Å². The van der Waals surface area contributed by atoms with E-state index >= 15 is 0 Å². The Morgan fingerprint density at radius 1 is 1.38 bits per heavy atom. The lowest BCUT2D eigenvalue weighted by molar-refractivity contribution is 0.150. The van der Waals surface area contributed by atoms with Gasteiger partial charge in [-0.15, -0.1) is 0 Å². The van der Waals surface area contributed by atoms with E-state index in [1.807, 2.05) is 6.92 Å². The second-order valence-corrected chi connectivity index (χ2v) is 1.68. The molecule has 0 spiro atoms. The zero-order valence-corrected chi connectivity index (χ0v) is 5.81. The highest BCUT2D eigenvalue weighted by atomic mass is 16.5. The minimum absolute atomic E-state index is 0.845. The fourth-order valence-corrected chi connectivity index (χ4v) is 0.515. The first-order chi connectivity index (χ1) is 3.91. The molecule has 0 bridgehead atoms. The average molecular weight is 115 g/mol. The van der Waals surface area contributed by atoms with Gasteiger partial charge < -0.3 is 4.74 Å². The predicted molar refractivity (Wildman–Crippen MR) is 35.7 cm³/mol. The molecular formula is C7H15O. The first-order valence-electron chi connectivity index (χ1n) is 3.31. The van der Waals surface area contributed by atoms with E-state index in [0.717, 1.165) is 26.1 Å². The van der Waals surface area contributed by atoms with Gasteiger partial charge >= 0.3 is 0 Å². The zero-order valence-electron chi connectivity index (χ0n) is 5.81. The van der Waals surface area contributed by atoms with Crippen molar-refractivity contribution in [2.45, 2.75) is 26.7 Å². The maximum Gasteiger partial charge on any atom is 0.0468 e. The molecule has 1 radical (unpaired) electrons. The van der Waals surface area contributed by atoms with Crippen LogP contribution in [0.2, 0.25) is 0 Å². The van der Waals surface area contributed by atoms with Crippen LogP contribution in [0.4, 0.5) is 0 Å². The molecule has 0 amide bonds. The minimum atomic E-state index is 0.845. The summed E-state index contributed by atoms with van der Waals surface area (Å²) in [6.07, 6.45) is 4.49. The Labute approximate surface area is 52.0 Å². The summed E-state index contributed by atoms with van der Waals surface area (Å²) in [7, 11) is 0. The van der Waals surface area contributed by atoms with Gasteiger partial charge in [-0.1, -0.05) is 13.3 Å². The van der Waals surface area contributed by atoms with Crippen LogP contribution in [0.1, 0.15) is 26.7 Å². The summed E-state index contributed by atoms with van der Waals surface area (Å²) < 4.78 is 5.10. The van der Waals surface area contributed by atoms with Crippen molar-refractivity contribution in [3.63, 3.8) is 0 Å². The summed E-state index contributed by atoms with van der Waals surface area (Å²) in [6, 6.07) is 0. The van der Waals surface area contributed by atoms with E-state index in [1.165, 1.54) is 0 Å². The lowest BCUT2D eigenvalue weighted by Gasteiger charge is -1.96. The fourth-order valence-electron chi connectivity index (χ4n) is 0.515. The molecule has 1 nitrogen and oxygen atoms in total. The molecule has 0 heterocycles. The molecule has 0 unspecified atom stereocenters. The highest BCUT2D eigenvalue weighted by Crippen LogP contribution is 1.91. The van der Waals surface area contributed by atoms with E-state index in [1.54, 1.807) is 0 Å². The lowest BCUT2D eigenvalue weighted by atomic mass is 10.3. The van der Waals surface area contributed by atoms with Crippen LogP contribution in [-0.4, -0.2) is 13.2 Å². The van der Waals surface area contributed by atoms with Crippen molar-refractivity contribution >= 4 is 0 Å². The van der Waals surface area contributed by atoms with Crippen LogP contribution in [0.3, 0.4) is 0 Å². The van der Waals surface area contributed by atoms with Crippen LogP contribution in [0.15, 0.2) is 0 Å². The van der Waals surface area contributed by atoms with Crippen molar-refractivity contribution in [2.24, 2.45) is 0 Å². The average Bonchev–Trinajstić information content (AvgIpc) is 1.81. The molecule has 0 saturated heterocycles. The van der Waals surface area contributed by atoms with Crippen molar-refractivity contribution in [3.8, 4) is 0 Å². The van der Waals surface area contributed by atoms with E-state index in [-0.39, 0.29) is 0 Å². The summed E-state index contributed by atoms with van der Waals surface area (Å²) >= 11 is 0. The zero-order chi connectivity index (χ0) is 6.24. The van der Waals surface area contributed by atoms with E-state index in [2.05, 4.69) is 13.3 Å². The van der Waals surface area contributed by atoms with Gasteiger partial charge in [-0.05, 0) is 19.8 Å². The third-order valence-electron chi connectivity index (χ3n) is 0.959. The Bertz CT molecular complexity index is 29.4. The van der Waals surface area contributed by atoms with E-state index in [4.69, 9.17) is 4.74 Å². The first kappa shape index (κ1) is 7.96. The third-order valence-corrected chi connectivity index (χ3v) is 0.959. The molecule has 0 fully saturated rings. The van der Waals surface area contributed by atoms with E-state index < -0.39 is 0 Å². The third kappa shape index (κ3) is 5.96. The predicted octanol–water partition coefficient (Wildman–Crippen LogP) is 2.03. The summed E-state index contributed by atoms with van der Waals surface area (Å²) in [4.78, 5) is 0. The standard InChI is InChI=1S/C7H15O/c1-3-5-6-7-8-4-2/h5H,3-4,6-7H2,1-2H3. The minimum Gasteiger partial charge on any atom is -0.382 e. The molecule has 8 heavy (non-hydrogen) atoms. The smallest absolute Gasteiger partial charge is 0.0468 e. The normalized spacial score (nSPS) is 9.75. The molecule has 1 heteroatoms.